The number of nitrogens with one attached hydrogen (secondary N) is 1. The van der Waals surface area contributed by atoms with Crippen LogP contribution in [0.1, 0.15) is 38.5 Å². The average Bonchev–Trinajstić information content (AvgIpc) is 3.25. The number of nitrogens with zero attached hydrogens (tertiary/aromatic N) is 2. The molecule has 1 unspecified atom stereocenters. The number of urea groups is 1. The van der Waals surface area contributed by atoms with Crippen molar-refractivity contribution in [2.24, 2.45) is 17.6 Å². The van der Waals surface area contributed by atoms with Crippen LogP contribution in [0.25, 0.3) is 0 Å². The summed E-state index contributed by atoms with van der Waals surface area (Å²) in [5.74, 6) is 0.761. The van der Waals surface area contributed by atoms with E-state index in [0.29, 0.717) is 25.6 Å². The third-order valence-corrected chi connectivity index (χ3v) is 5.29. The fraction of sp³-hybridized carbons (Fsp3) is 0.875. The quantitative estimate of drug-likeness (QED) is 0.805. The minimum absolute atomic E-state index is 0.0374. The number of amides is 3. The van der Waals surface area contributed by atoms with E-state index in [4.69, 9.17) is 5.73 Å². The van der Waals surface area contributed by atoms with Gasteiger partial charge in [0.25, 0.3) is 0 Å². The fourth-order valence-corrected chi connectivity index (χ4v) is 3.61. The molecular formula is C16H28N4O2. The Labute approximate surface area is 132 Å². The molecule has 0 spiro atoms. The lowest BCUT2D eigenvalue weighted by Gasteiger charge is -2.34. The monoisotopic (exact) mass is 308 g/mol. The van der Waals surface area contributed by atoms with Crippen LogP contribution in [0.2, 0.25) is 0 Å². The second-order valence-corrected chi connectivity index (χ2v) is 6.93. The third kappa shape index (κ3) is 3.54. The van der Waals surface area contributed by atoms with Crippen molar-refractivity contribution in [1.29, 1.82) is 0 Å². The molecule has 1 aliphatic carbocycles. The van der Waals surface area contributed by atoms with Crippen molar-refractivity contribution in [3.05, 3.63) is 0 Å². The first kappa shape index (κ1) is 15.6. The summed E-state index contributed by atoms with van der Waals surface area (Å²) < 4.78 is 0. The van der Waals surface area contributed by atoms with E-state index in [1.807, 2.05) is 9.80 Å². The predicted octanol–water partition coefficient (Wildman–Crippen LogP) is 0.768. The van der Waals surface area contributed by atoms with Gasteiger partial charge in [0.05, 0.1) is 0 Å². The molecule has 1 saturated carbocycles. The Morgan fingerprint density at radius 1 is 1.00 bits per heavy atom. The summed E-state index contributed by atoms with van der Waals surface area (Å²) in [4.78, 5) is 28.5. The van der Waals surface area contributed by atoms with E-state index in [2.05, 4.69) is 5.32 Å². The lowest BCUT2D eigenvalue weighted by Crippen LogP contribution is -2.50. The number of piperidine rings is 1. The second-order valence-electron chi connectivity index (χ2n) is 6.93. The van der Waals surface area contributed by atoms with Gasteiger partial charge >= 0.3 is 6.03 Å². The second kappa shape index (κ2) is 6.86. The number of nitrogens with two attached hydrogens (primary N) is 1. The number of hydrogen-bond donors (Lipinski definition) is 2. The number of carbonyl (C=O) groups excluding carboxylic acids is 2. The van der Waals surface area contributed by atoms with Crippen LogP contribution in [0.5, 0.6) is 0 Å². The Hall–Kier alpha value is -1.30. The zero-order chi connectivity index (χ0) is 15.5. The molecule has 3 aliphatic rings. The summed E-state index contributed by atoms with van der Waals surface area (Å²) in [6.07, 6.45) is 6.15. The van der Waals surface area contributed by atoms with E-state index in [9.17, 15) is 9.59 Å². The molecule has 22 heavy (non-hydrogen) atoms. The van der Waals surface area contributed by atoms with Gasteiger partial charge < -0.3 is 20.9 Å². The van der Waals surface area contributed by atoms with Crippen LogP contribution in [0.3, 0.4) is 0 Å². The first-order valence-corrected chi connectivity index (χ1v) is 8.73. The van der Waals surface area contributed by atoms with Crippen LogP contribution < -0.4 is 11.1 Å². The van der Waals surface area contributed by atoms with Gasteiger partial charge in [-0.3, -0.25) is 4.79 Å². The largest absolute Gasteiger partial charge is 0.352 e. The van der Waals surface area contributed by atoms with Gasteiger partial charge in [0.2, 0.25) is 5.91 Å². The van der Waals surface area contributed by atoms with Gasteiger partial charge in [-0.1, -0.05) is 0 Å². The molecule has 0 aromatic carbocycles. The summed E-state index contributed by atoms with van der Waals surface area (Å²) in [5, 5.41) is 3.12. The van der Waals surface area contributed by atoms with E-state index in [1.165, 1.54) is 12.8 Å². The smallest absolute Gasteiger partial charge is 0.319 e. The van der Waals surface area contributed by atoms with Crippen molar-refractivity contribution in [2.45, 2.75) is 44.6 Å². The summed E-state index contributed by atoms with van der Waals surface area (Å²) in [6, 6.07) is 0.311. The molecule has 0 aromatic rings. The summed E-state index contributed by atoms with van der Waals surface area (Å²) in [7, 11) is 0. The molecule has 6 nitrogen and oxygen atoms in total. The SMILES string of the molecule is NCC(NC(=O)C1CCN(C(=O)N2CCCC2)CC1)C1CC1. The molecule has 0 radical (unpaired) electrons. The van der Waals surface area contributed by atoms with Gasteiger partial charge in [0, 0.05) is 44.7 Å². The Kier molecular flexibility index (Phi) is 4.86. The normalized spacial score (nSPS) is 24.4. The molecule has 1 atom stereocenters. The summed E-state index contributed by atoms with van der Waals surface area (Å²) in [5.41, 5.74) is 5.75. The molecule has 0 bridgehead atoms. The van der Waals surface area contributed by atoms with Crippen LogP contribution in [0.15, 0.2) is 0 Å². The van der Waals surface area contributed by atoms with Crippen LogP contribution in [-0.4, -0.2) is 60.5 Å². The maximum atomic E-state index is 12.4. The predicted molar refractivity (Wildman–Crippen MR) is 84.2 cm³/mol. The average molecular weight is 308 g/mol. The van der Waals surface area contributed by atoms with E-state index >= 15 is 0 Å². The fourth-order valence-electron chi connectivity index (χ4n) is 3.61. The standard InChI is InChI=1S/C16H28N4O2/c17-11-14(12-3-4-12)18-15(21)13-5-9-20(10-6-13)16(22)19-7-1-2-8-19/h12-14H,1-11,17H2,(H,18,21). The highest BCUT2D eigenvalue weighted by Gasteiger charge is 2.34. The van der Waals surface area contributed by atoms with E-state index in [-0.39, 0.29) is 23.9 Å². The number of hydrogen-bond acceptors (Lipinski definition) is 3. The van der Waals surface area contributed by atoms with Crippen LogP contribution >= 0.6 is 0 Å². The Morgan fingerprint density at radius 2 is 1.59 bits per heavy atom. The highest BCUT2D eigenvalue weighted by Crippen LogP contribution is 2.32. The number of rotatable bonds is 4. The first-order valence-electron chi connectivity index (χ1n) is 8.73. The van der Waals surface area contributed by atoms with Crippen LogP contribution in [0, 0.1) is 11.8 Å². The Bertz CT molecular complexity index is 410. The van der Waals surface area contributed by atoms with Crippen molar-refractivity contribution >= 4 is 11.9 Å². The maximum absolute atomic E-state index is 12.4. The highest BCUT2D eigenvalue weighted by atomic mass is 16.2. The molecule has 2 saturated heterocycles. The number of carbonyl (C=O) groups is 2. The molecule has 3 N–H and O–H groups in total. The van der Waals surface area contributed by atoms with Gasteiger partial charge in [-0.2, -0.15) is 0 Å². The van der Waals surface area contributed by atoms with Gasteiger partial charge in [-0.15, -0.1) is 0 Å². The van der Waals surface area contributed by atoms with Gasteiger partial charge in [-0.25, -0.2) is 4.79 Å². The molecule has 2 aliphatic heterocycles. The van der Waals surface area contributed by atoms with Crippen molar-refractivity contribution in [2.75, 3.05) is 32.7 Å². The molecule has 0 aromatic heterocycles. The Morgan fingerprint density at radius 3 is 2.14 bits per heavy atom. The molecule has 124 valence electrons. The van der Waals surface area contributed by atoms with Crippen LogP contribution in [0.4, 0.5) is 4.79 Å². The third-order valence-electron chi connectivity index (χ3n) is 5.29. The van der Waals surface area contributed by atoms with Gasteiger partial charge in [0.15, 0.2) is 0 Å². The van der Waals surface area contributed by atoms with Gasteiger partial charge in [0.1, 0.15) is 0 Å². The van der Waals surface area contributed by atoms with Crippen molar-refractivity contribution < 1.29 is 9.59 Å². The summed E-state index contributed by atoms with van der Waals surface area (Å²) >= 11 is 0. The topological polar surface area (TPSA) is 78.7 Å². The van der Waals surface area contributed by atoms with E-state index < -0.39 is 0 Å². The molecular weight excluding hydrogens is 280 g/mol. The molecule has 2 heterocycles. The maximum Gasteiger partial charge on any atom is 0.319 e. The van der Waals surface area contributed by atoms with Crippen LogP contribution in [-0.2, 0) is 4.79 Å². The van der Waals surface area contributed by atoms with E-state index in [1.54, 1.807) is 0 Å². The van der Waals surface area contributed by atoms with Crippen molar-refractivity contribution in [1.82, 2.24) is 15.1 Å². The van der Waals surface area contributed by atoms with Crippen molar-refractivity contribution in [3.63, 3.8) is 0 Å². The Balaban J connectivity index is 1.44. The lowest BCUT2D eigenvalue weighted by molar-refractivity contribution is -0.127. The summed E-state index contributed by atoms with van der Waals surface area (Å²) in [6.45, 7) is 3.70. The molecule has 3 rings (SSSR count). The first-order chi connectivity index (χ1) is 10.7. The number of likely N-dealkylation sites (tertiary alicyclic amines) is 2. The highest BCUT2D eigenvalue weighted by molar-refractivity contribution is 5.80. The van der Waals surface area contributed by atoms with E-state index in [0.717, 1.165) is 38.8 Å². The molecule has 6 heteroatoms. The molecule has 3 amide bonds. The zero-order valence-electron chi connectivity index (χ0n) is 13.3. The lowest BCUT2D eigenvalue weighted by atomic mass is 9.95. The minimum Gasteiger partial charge on any atom is -0.352 e. The molecule has 3 fully saturated rings. The van der Waals surface area contributed by atoms with Gasteiger partial charge in [-0.05, 0) is 44.4 Å². The zero-order valence-corrected chi connectivity index (χ0v) is 13.3. The van der Waals surface area contributed by atoms with Crippen molar-refractivity contribution in [3.8, 4) is 0 Å². The minimum atomic E-state index is 0.0374.